The Labute approximate surface area is 377 Å². The van der Waals surface area contributed by atoms with Crippen molar-refractivity contribution in [3.05, 3.63) is 36.5 Å². The molecule has 9 unspecified atom stereocenters. The van der Waals surface area contributed by atoms with Crippen molar-refractivity contribution in [2.75, 3.05) is 13.2 Å². The van der Waals surface area contributed by atoms with Crippen LogP contribution < -0.4 is 5.32 Å². The molecule has 1 heterocycles. The van der Waals surface area contributed by atoms with Gasteiger partial charge in [0, 0.05) is 0 Å². The number of carbonyl (C=O) groups excluding carboxylic acids is 1. The van der Waals surface area contributed by atoms with E-state index in [-0.39, 0.29) is 12.8 Å². The number of hydrogen-bond donors (Lipinski definition) is 8. The lowest BCUT2D eigenvalue weighted by Crippen LogP contribution is -2.60. The molecule has 8 N–H and O–H groups in total. The molecule has 9 atom stereocenters. The van der Waals surface area contributed by atoms with Gasteiger partial charge in [-0.15, -0.1) is 0 Å². The van der Waals surface area contributed by atoms with E-state index in [1.807, 2.05) is 0 Å². The summed E-state index contributed by atoms with van der Waals surface area (Å²) in [5, 5.41) is 75.6. The van der Waals surface area contributed by atoms with E-state index in [1.165, 1.54) is 122 Å². The highest BCUT2D eigenvalue weighted by molar-refractivity contribution is 5.80. The van der Waals surface area contributed by atoms with Crippen molar-refractivity contribution in [2.24, 2.45) is 0 Å². The van der Waals surface area contributed by atoms with E-state index < -0.39 is 74.2 Å². The molecule has 0 saturated carbocycles. The number of aliphatic hydroxyl groups excluding tert-OH is 7. The summed E-state index contributed by atoms with van der Waals surface area (Å²) in [7, 11) is 0. The molecule has 1 aliphatic heterocycles. The predicted molar refractivity (Wildman–Crippen MR) is 252 cm³/mol. The summed E-state index contributed by atoms with van der Waals surface area (Å²) in [6.45, 7) is 3.40. The van der Waals surface area contributed by atoms with Gasteiger partial charge in [0.1, 0.15) is 36.6 Å². The molecule has 0 aromatic carbocycles. The second-order valence-corrected chi connectivity index (χ2v) is 17.9. The van der Waals surface area contributed by atoms with Gasteiger partial charge in [-0.2, -0.15) is 0 Å². The largest absolute Gasteiger partial charge is 0.394 e. The van der Waals surface area contributed by atoms with Gasteiger partial charge in [-0.25, -0.2) is 0 Å². The summed E-state index contributed by atoms with van der Waals surface area (Å²) in [6, 6.07) is -1.19. The minimum atomic E-state index is -1.67. The Morgan fingerprint density at radius 1 is 0.565 bits per heavy atom. The number of hydrogen-bond acceptors (Lipinski definition) is 10. The van der Waals surface area contributed by atoms with Gasteiger partial charge < -0.3 is 50.5 Å². The zero-order valence-electron chi connectivity index (χ0n) is 39.4. The molecule has 364 valence electrons. The Bertz CT molecular complexity index is 1100. The van der Waals surface area contributed by atoms with Crippen LogP contribution in [0.4, 0.5) is 0 Å². The number of amides is 1. The Morgan fingerprint density at radius 2 is 1.00 bits per heavy atom. The molecule has 0 aromatic heterocycles. The van der Waals surface area contributed by atoms with Crippen LogP contribution in [0.25, 0.3) is 0 Å². The number of unbranched alkanes of at least 4 members (excludes halogenated alkanes) is 24. The van der Waals surface area contributed by atoms with Crippen molar-refractivity contribution >= 4 is 5.91 Å². The standard InChI is InChI=1S/C51H95NO10/c1-3-5-7-9-11-13-15-16-17-18-19-20-21-22-23-24-25-26-27-29-31-33-35-37-39-44(55)50(60)52-42(41-61-51-49(59)48(58)47(57)45(40-53)62-51)46(56)43(54)38-36-34-32-30-28-14-12-10-8-6-4-2/h19-20,22-23,30,32,42-49,51,53-59H,3-18,21,24-29,31,33-41H2,1-2H3,(H,52,60)/b20-19-,23-22-,32-30+. The molecule has 1 saturated heterocycles. The fraction of sp³-hybridized carbons (Fsp3) is 0.863. The maximum Gasteiger partial charge on any atom is 0.249 e. The van der Waals surface area contributed by atoms with Gasteiger partial charge in [0.2, 0.25) is 5.91 Å². The Hall–Kier alpha value is -1.67. The van der Waals surface area contributed by atoms with E-state index in [1.54, 1.807) is 0 Å². The topological polar surface area (TPSA) is 189 Å². The SMILES string of the molecule is CCCCCCCC/C=C/CCCC(O)C(O)C(COC1OC(CO)C(O)C(O)C1O)NC(=O)C(O)CCCCCCCCCC/C=C\C/C=C\CCCCCCCCCCC. The van der Waals surface area contributed by atoms with E-state index >= 15 is 0 Å². The second-order valence-electron chi connectivity index (χ2n) is 17.9. The minimum Gasteiger partial charge on any atom is -0.394 e. The molecular formula is C51H95NO10. The third-order valence-electron chi connectivity index (χ3n) is 12.2. The normalized spacial score (nSPS) is 21.6. The number of ether oxygens (including phenoxy) is 2. The first-order valence-corrected chi connectivity index (χ1v) is 25.4. The van der Waals surface area contributed by atoms with Crippen LogP contribution in [0.1, 0.15) is 213 Å². The van der Waals surface area contributed by atoms with Gasteiger partial charge in [-0.1, -0.05) is 179 Å². The quantitative estimate of drug-likeness (QED) is 0.0217. The van der Waals surface area contributed by atoms with Crippen molar-refractivity contribution < 1.29 is 50.0 Å². The maximum absolute atomic E-state index is 13.1. The maximum atomic E-state index is 13.1. The summed E-state index contributed by atoms with van der Waals surface area (Å²) in [5.41, 5.74) is 0. The molecular weight excluding hydrogens is 787 g/mol. The van der Waals surface area contributed by atoms with Crippen LogP contribution in [0.5, 0.6) is 0 Å². The number of carbonyl (C=O) groups is 1. The average molecular weight is 882 g/mol. The Morgan fingerprint density at radius 3 is 1.48 bits per heavy atom. The predicted octanol–water partition coefficient (Wildman–Crippen LogP) is 9.17. The van der Waals surface area contributed by atoms with Crippen molar-refractivity contribution in [1.82, 2.24) is 5.32 Å². The lowest BCUT2D eigenvalue weighted by Gasteiger charge is -2.40. The fourth-order valence-electron chi connectivity index (χ4n) is 7.94. The van der Waals surface area contributed by atoms with E-state index in [9.17, 15) is 40.5 Å². The molecule has 11 nitrogen and oxygen atoms in total. The molecule has 0 bridgehead atoms. The van der Waals surface area contributed by atoms with Gasteiger partial charge in [0.15, 0.2) is 6.29 Å². The molecule has 62 heavy (non-hydrogen) atoms. The van der Waals surface area contributed by atoms with Gasteiger partial charge in [0.25, 0.3) is 0 Å². The highest BCUT2D eigenvalue weighted by Crippen LogP contribution is 2.23. The smallest absolute Gasteiger partial charge is 0.249 e. The first-order valence-electron chi connectivity index (χ1n) is 25.4. The first kappa shape index (κ1) is 58.3. The highest BCUT2D eigenvalue weighted by Gasteiger charge is 2.44. The minimum absolute atomic E-state index is 0.247. The van der Waals surface area contributed by atoms with Gasteiger partial charge in [-0.3, -0.25) is 4.79 Å². The average Bonchev–Trinajstić information content (AvgIpc) is 3.27. The summed E-state index contributed by atoms with van der Waals surface area (Å²) in [6.07, 6.45) is 36.4. The van der Waals surface area contributed by atoms with Crippen molar-refractivity contribution in [2.45, 2.75) is 268 Å². The van der Waals surface area contributed by atoms with Gasteiger partial charge in [-0.05, 0) is 70.6 Å². The number of allylic oxidation sites excluding steroid dienone is 6. The summed E-state index contributed by atoms with van der Waals surface area (Å²) in [4.78, 5) is 13.1. The summed E-state index contributed by atoms with van der Waals surface area (Å²) in [5.74, 6) is -0.713. The number of rotatable bonds is 42. The van der Waals surface area contributed by atoms with Crippen LogP contribution in [-0.2, 0) is 14.3 Å². The summed E-state index contributed by atoms with van der Waals surface area (Å²) >= 11 is 0. The zero-order valence-corrected chi connectivity index (χ0v) is 39.4. The van der Waals surface area contributed by atoms with Crippen molar-refractivity contribution in [1.29, 1.82) is 0 Å². The molecule has 1 aliphatic rings. The summed E-state index contributed by atoms with van der Waals surface area (Å²) < 4.78 is 11.1. The monoisotopic (exact) mass is 882 g/mol. The van der Waals surface area contributed by atoms with E-state index in [0.29, 0.717) is 12.8 Å². The van der Waals surface area contributed by atoms with Crippen molar-refractivity contribution in [3.63, 3.8) is 0 Å². The molecule has 1 rings (SSSR count). The lowest BCUT2D eigenvalue weighted by molar-refractivity contribution is -0.303. The molecule has 0 aliphatic carbocycles. The fourth-order valence-corrected chi connectivity index (χ4v) is 7.94. The van der Waals surface area contributed by atoms with Gasteiger partial charge in [0.05, 0.1) is 25.4 Å². The second kappa shape index (κ2) is 40.8. The van der Waals surface area contributed by atoms with E-state index in [0.717, 1.165) is 51.4 Å². The molecule has 11 heteroatoms. The lowest BCUT2D eigenvalue weighted by atomic mass is 9.98. The third-order valence-corrected chi connectivity index (χ3v) is 12.2. The molecule has 0 spiro atoms. The molecule has 0 radical (unpaired) electrons. The molecule has 1 fully saturated rings. The van der Waals surface area contributed by atoms with Crippen LogP contribution in [-0.4, -0.2) is 110 Å². The Balaban J connectivity index is 2.35. The van der Waals surface area contributed by atoms with Crippen LogP contribution in [0, 0.1) is 0 Å². The molecule has 1 amide bonds. The van der Waals surface area contributed by atoms with Crippen LogP contribution in [0.15, 0.2) is 36.5 Å². The van der Waals surface area contributed by atoms with E-state index in [4.69, 9.17) is 9.47 Å². The zero-order chi connectivity index (χ0) is 45.5. The first-order chi connectivity index (χ1) is 30.2. The highest BCUT2D eigenvalue weighted by atomic mass is 16.7. The molecule has 0 aromatic rings. The third kappa shape index (κ3) is 29.7. The van der Waals surface area contributed by atoms with E-state index in [2.05, 4.69) is 55.6 Å². The number of aliphatic hydroxyl groups is 7. The van der Waals surface area contributed by atoms with Crippen molar-refractivity contribution in [3.8, 4) is 0 Å². The Kier molecular flexibility index (Phi) is 38.4. The van der Waals surface area contributed by atoms with Crippen LogP contribution >= 0.6 is 0 Å². The number of nitrogens with one attached hydrogen (secondary N) is 1. The van der Waals surface area contributed by atoms with Crippen LogP contribution in [0.3, 0.4) is 0 Å². The van der Waals surface area contributed by atoms with Gasteiger partial charge >= 0.3 is 0 Å². The van der Waals surface area contributed by atoms with Crippen LogP contribution in [0.2, 0.25) is 0 Å².